The molecule has 0 saturated heterocycles. The van der Waals surface area contributed by atoms with E-state index in [0.717, 1.165) is 4.57 Å². The van der Waals surface area contributed by atoms with Gasteiger partial charge in [-0.05, 0) is 24.3 Å². The molecule has 0 aliphatic carbocycles. The molecule has 2 aromatic carbocycles. The van der Waals surface area contributed by atoms with E-state index >= 15 is 0 Å². The van der Waals surface area contributed by atoms with E-state index < -0.39 is 36.3 Å². The Labute approximate surface area is 191 Å². The van der Waals surface area contributed by atoms with E-state index in [9.17, 15) is 18.7 Å². The number of hydrogen-bond donors (Lipinski definition) is 1. The van der Waals surface area contributed by atoms with Gasteiger partial charge < -0.3 is 14.6 Å². The zero-order chi connectivity index (χ0) is 23.2. The molecule has 4 rings (SSSR count). The Morgan fingerprint density at radius 3 is 2.66 bits per heavy atom. The van der Waals surface area contributed by atoms with Crippen molar-refractivity contribution >= 4 is 29.2 Å². The minimum absolute atomic E-state index is 0.0611. The molecule has 1 aliphatic heterocycles. The standard InChI is InChI=1S/C21H17Cl2F2N3O4/c1-21(24,25)20-27-26-19-15(9-16(29)30)32-18(11-4-3-5-14(31-2)17(11)23)12-8-10(22)6-7-13(12)28(19)20/h3-8,15,18H,9H2,1-2H3,(H,29,30)/t15-,18-/m1/s1. The molecule has 0 radical (unpaired) electrons. The van der Waals surface area contributed by atoms with Crippen LogP contribution >= 0.6 is 23.2 Å². The summed E-state index contributed by atoms with van der Waals surface area (Å²) in [5.41, 5.74) is 1.13. The first-order valence-corrected chi connectivity index (χ1v) is 10.2. The number of aromatic nitrogens is 3. The Morgan fingerprint density at radius 1 is 1.25 bits per heavy atom. The molecule has 168 valence electrons. The maximum Gasteiger partial charge on any atom is 0.306 e. The summed E-state index contributed by atoms with van der Waals surface area (Å²) in [6, 6.07) is 9.65. The smallest absolute Gasteiger partial charge is 0.306 e. The van der Waals surface area contributed by atoms with Crippen LogP contribution in [0.3, 0.4) is 0 Å². The van der Waals surface area contributed by atoms with Crippen molar-refractivity contribution in [1.82, 2.24) is 14.8 Å². The van der Waals surface area contributed by atoms with Crippen molar-refractivity contribution in [3.05, 3.63) is 69.2 Å². The predicted octanol–water partition coefficient (Wildman–Crippen LogP) is 5.33. The van der Waals surface area contributed by atoms with Crippen LogP contribution in [0.4, 0.5) is 8.78 Å². The van der Waals surface area contributed by atoms with Crippen LogP contribution in [0.25, 0.3) is 5.69 Å². The quantitative estimate of drug-likeness (QED) is 0.527. The molecule has 0 amide bonds. The minimum Gasteiger partial charge on any atom is -0.495 e. The lowest BCUT2D eigenvalue weighted by Crippen LogP contribution is -2.18. The van der Waals surface area contributed by atoms with Gasteiger partial charge in [0, 0.05) is 23.1 Å². The first-order valence-electron chi connectivity index (χ1n) is 9.45. The van der Waals surface area contributed by atoms with Gasteiger partial charge in [-0.25, -0.2) is 0 Å². The molecule has 0 fully saturated rings. The third-order valence-electron chi connectivity index (χ3n) is 5.04. The van der Waals surface area contributed by atoms with Gasteiger partial charge in [-0.1, -0.05) is 35.3 Å². The summed E-state index contributed by atoms with van der Waals surface area (Å²) in [5.74, 6) is -4.89. The molecular weight excluding hydrogens is 467 g/mol. The zero-order valence-corrected chi connectivity index (χ0v) is 18.4. The predicted molar refractivity (Wildman–Crippen MR) is 112 cm³/mol. The molecule has 2 heterocycles. The van der Waals surface area contributed by atoms with Crippen LogP contribution in [-0.4, -0.2) is 33.0 Å². The average molecular weight is 484 g/mol. The highest BCUT2D eigenvalue weighted by Crippen LogP contribution is 2.46. The van der Waals surface area contributed by atoms with Crippen LogP contribution < -0.4 is 4.74 Å². The number of rotatable bonds is 5. The van der Waals surface area contributed by atoms with Gasteiger partial charge in [-0.2, -0.15) is 8.78 Å². The monoisotopic (exact) mass is 483 g/mol. The van der Waals surface area contributed by atoms with Crippen molar-refractivity contribution in [2.75, 3.05) is 7.11 Å². The molecular formula is C21H17Cl2F2N3O4. The van der Waals surface area contributed by atoms with Gasteiger partial charge in [-0.3, -0.25) is 9.36 Å². The fourth-order valence-corrected chi connectivity index (χ4v) is 4.17. The first-order chi connectivity index (χ1) is 15.1. The molecule has 0 saturated carbocycles. The largest absolute Gasteiger partial charge is 0.495 e. The SMILES string of the molecule is COc1cccc([C@H]2O[C@H](CC(=O)O)c3nnc(C(C)(F)F)n3-c3ccc(Cl)cc32)c1Cl. The number of benzene rings is 2. The number of halogens is 4. The second kappa shape index (κ2) is 8.31. The fraction of sp³-hybridized carbons (Fsp3) is 0.286. The number of methoxy groups -OCH3 is 1. The van der Waals surface area contributed by atoms with Crippen molar-refractivity contribution in [3.8, 4) is 11.4 Å². The van der Waals surface area contributed by atoms with Crippen LogP contribution in [-0.2, 0) is 15.5 Å². The Morgan fingerprint density at radius 2 is 2.00 bits per heavy atom. The van der Waals surface area contributed by atoms with Gasteiger partial charge in [0.2, 0.25) is 5.82 Å². The number of alkyl halides is 2. The number of carboxylic acid groups (broad SMARTS) is 1. The molecule has 11 heteroatoms. The number of carbonyl (C=O) groups is 1. The highest BCUT2D eigenvalue weighted by atomic mass is 35.5. The second-order valence-corrected chi connectivity index (χ2v) is 8.09. The van der Waals surface area contributed by atoms with Crippen LogP contribution in [0.1, 0.15) is 48.3 Å². The van der Waals surface area contributed by atoms with E-state index in [1.165, 1.54) is 19.2 Å². The van der Waals surface area contributed by atoms with Gasteiger partial charge in [0.1, 0.15) is 18.0 Å². The highest BCUT2D eigenvalue weighted by Gasteiger charge is 2.40. The second-order valence-electron chi connectivity index (χ2n) is 7.27. The Kier molecular flexibility index (Phi) is 5.83. The van der Waals surface area contributed by atoms with Crippen LogP contribution in [0.5, 0.6) is 5.75 Å². The zero-order valence-electron chi connectivity index (χ0n) is 16.9. The van der Waals surface area contributed by atoms with Crippen LogP contribution in [0.15, 0.2) is 36.4 Å². The molecule has 1 N–H and O–H groups in total. The summed E-state index contributed by atoms with van der Waals surface area (Å²) in [5, 5.41) is 17.5. The van der Waals surface area contributed by atoms with Gasteiger partial charge in [-0.15, -0.1) is 10.2 Å². The van der Waals surface area contributed by atoms with Crippen molar-refractivity contribution in [2.24, 2.45) is 0 Å². The van der Waals surface area contributed by atoms with Gasteiger partial charge in [0.15, 0.2) is 5.82 Å². The maximum atomic E-state index is 14.4. The van der Waals surface area contributed by atoms with Crippen molar-refractivity contribution in [1.29, 1.82) is 0 Å². The number of carboxylic acids is 1. The Hall–Kier alpha value is -2.75. The lowest BCUT2D eigenvalue weighted by atomic mass is 9.99. The lowest BCUT2D eigenvalue weighted by Gasteiger charge is -2.23. The maximum absolute atomic E-state index is 14.4. The average Bonchev–Trinajstić information content (AvgIpc) is 3.12. The summed E-state index contributed by atoms with van der Waals surface area (Å²) in [7, 11) is 1.45. The summed E-state index contributed by atoms with van der Waals surface area (Å²) < 4.78 is 41.4. The number of fused-ring (bicyclic) bond motifs is 3. The summed E-state index contributed by atoms with van der Waals surface area (Å²) in [6.07, 6.45) is -2.68. The summed E-state index contributed by atoms with van der Waals surface area (Å²) >= 11 is 12.8. The summed E-state index contributed by atoms with van der Waals surface area (Å²) in [4.78, 5) is 11.6. The Balaban J connectivity index is 2.03. The molecule has 0 unspecified atom stereocenters. The van der Waals surface area contributed by atoms with E-state index in [4.69, 9.17) is 32.7 Å². The first kappa shape index (κ1) is 22.4. The highest BCUT2D eigenvalue weighted by molar-refractivity contribution is 6.33. The van der Waals surface area contributed by atoms with Gasteiger partial charge in [0.25, 0.3) is 0 Å². The van der Waals surface area contributed by atoms with Gasteiger partial charge in [0.05, 0.1) is 24.2 Å². The number of ether oxygens (including phenoxy) is 2. The van der Waals surface area contributed by atoms with E-state index in [0.29, 0.717) is 28.8 Å². The van der Waals surface area contributed by atoms with E-state index in [-0.39, 0.29) is 16.5 Å². The normalized spacial score (nSPS) is 17.9. The van der Waals surface area contributed by atoms with Crippen molar-refractivity contribution in [3.63, 3.8) is 0 Å². The molecule has 2 atom stereocenters. The molecule has 1 aromatic heterocycles. The third kappa shape index (κ3) is 3.92. The van der Waals surface area contributed by atoms with E-state index in [2.05, 4.69) is 10.2 Å². The van der Waals surface area contributed by atoms with E-state index in [1.807, 2.05) is 0 Å². The molecule has 1 aliphatic rings. The molecule has 7 nitrogen and oxygen atoms in total. The topological polar surface area (TPSA) is 86.5 Å². The Bertz CT molecular complexity index is 1200. The van der Waals surface area contributed by atoms with Crippen LogP contribution in [0.2, 0.25) is 10.0 Å². The van der Waals surface area contributed by atoms with E-state index in [1.54, 1.807) is 24.3 Å². The number of nitrogens with zero attached hydrogens (tertiary/aromatic N) is 3. The molecule has 0 spiro atoms. The minimum atomic E-state index is -3.36. The van der Waals surface area contributed by atoms with Crippen LogP contribution in [0, 0.1) is 0 Å². The van der Waals surface area contributed by atoms with Gasteiger partial charge >= 0.3 is 11.9 Å². The number of hydrogen-bond acceptors (Lipinski definition) is 5. The molecule has 3 aromatic rings. The number of aliphatic carboxylic acids is 1. The fourth-order valence-electron chi connectivity index (χ4n) is 3.69. The van der Waals surface area contributed by atoms with Crippen molar-refractivity contribution in [2.45, 2.75) is 31.5 Å². The molecule has 0 bridgehead atoms. The summed E-state index contributed by atoms with van der Waals surface area (Å²) in [6.45, 7) is 0.689. The van der Waals surface area contributed by atoms with Crippen molar-refractivity contribution < 1.29 is 28.2 Å². The molecule has 32 heavy (non-hydrogen) atoms. The lowest BCUT2D eigenvalue weighted by molar-refractivity contribution is -0.141. The third-order valence-corrected chi connectivity index (χ3v) is 5.68.